The molecule has 0 aliphatic carbocycles. The zero-order valence-electron chi connectivity index (χ0n) is 10.3. The third-order valence-electron chi connectivity index (χ3n) is 2.70. The highest BCUT2D eigenvalue weighted by molar-refractivity contribution is 5.22. The summed E-state index contributed by atoms with van der Waals surface area (Å²) < 4.78 is 39.2. The summed E-state index contributed by atoms with van der Waals surface area (Å²) in [7, 11) is 0. The smallest absolute Gasteiger partial charge is 0.258 e. The maximum atomic E-state index is 12.4. The average molecular weight is 289 g/mol. The normalized spacial score (nSPS) is 13.4. The average Bonchev–Trinajstić information content (AvgIpc) is 2.93. The summed E-state index contributed by atoms with van der Waals surface area (Å²) >= 11 is 0. The number of rotatable bonds is 4. The Hall–Kier alpha value is -2.39. The molecule has 2 heterocycles. The monoisotopic (exact) mass is 289 g/mol. The zero-order valence-corrected chi connectivity index (χ0v) is 10.3. The van der Waals surface area contributed by atoms with Gasteiger partial charge < -0.3 is 0 Å². The second-order valence-electron chi connectivity index (χ2n) is 4.14. The van der Waals surface area contributed by atoms with E-state index in [1.54, 1.807) is 6.92 Å². The first-order valence-corrected chi connectivity index (χ1v) is 5.55. The van der Waals surface area contributed by atoms with Gasteiger partial charge in [-0.3, -0.25) is 19.5 Å². The van der Waals surface area contributed by atoms with E-state index < -0.39 is 23.7 Å². The standard InChI is InChI=1S/C10H10F3N5O2/c1-7(16-5-8(4-15-16)18(19)20)9-2-3-14-17(9)6-10(11,12)13/h2-5,7H,6H2,1H3. The first kappa shape index (κ1) is 14.0. The Labute approximate surface area is 110 Å². The molecule has 0 N–H and O–H groups in total. The van der Waals surface area contributed by atoms with E-state index in [1.165, 1.54) is 16.9 Å². The Morgan fingerprint density at radius 2 is 2.15 bits per heavy atom. The summed E-state index contributed by atoms with van der Waals surface area (Å²) in [6.45, 7) is 0.365. The molecular formula is C10H10F3N5O2. The largest absolute Gasteiger partial charge is 0.408 e. The minimum Gasteiger partial charge on any atom is -0.258 e. The van der Waals surface area contributed by atoms with E-state index in [9.17, 15) is 23.3 Å². The summed E-state index contributed by atoms with van der Waals surface area (Å²) in [6, 6.07) is 0.817. The summed E-state index contributed by atoms with van der Waals surface area (Å²) in [6.07, 6.45) is -0.942. The Kier molecular flexibility index (Phi) is 3.47. The molecule has 0 aliphatic rings. The minimum absolute atomic E-state index is 0.223. The molecule has 2 aromatic rings. The van der Waals surface area contributed by atoms with E-state index in [0.29, 0.717) is 0 Å². The Morgan fingerprint density at radius 1 is 1.45 bits per heavy atom. The summed E-state index contributed by atoms with van der Waals surface area (Å²) in [5.74, 6) is 0. The highest BCUT2D eigenvalue weighted by Gasteiger charge is 2.30. The molecule has 0 radical (unpaired) electrons. The van der Waals surface area contributed by atoms with Crippen molar-refractivity contribution in [3.05, 3.63) is 40.5 Å². The molecule has 10 heteroatoms. The van der Waals surface area contributed by atoms with E-state index >= 15 is 0 Å². The van der Waals surface area contributed by atoms with Gasteiger partial charge in [-0.05, 0) is 13.0 Å². The van der Waals surface area contributed by atoms with E-state index in [4.69, 9.17) is 0 Å². The first-order chi connectivity index (χ1) is 9.28. The minimum atomic E-state index is -4.39. The maximum absolute atomic E-state index is 12.4. The molecule has 0 saturated carbocycles. The fraction of sp³-hybridized carbons (Fsp3) is 0.400. The molecule has 0 aromatic carbocycles. The molecule has 0 saturated heterocycles. The van der Waals surface area contributed by atoms with Gasteiger partial charge >= 0.3 is 11.9 Å². The van der Waals surface area contributed by atoms with Crippen molar-refractivity contribution in [2.24, 2.45) is 0 Å². The Morgan fingerprint density at radius 3 is 2.70 bits per heavy atom. The van der Waals surface area contributed by atoms with Crippen molar-refractivity contribution in [2.75, 3.05) is 0 Å². The number of halogens is 3. The fourth-order valence-electron chi connectivity index (χ4n) is 1.77. The van der Waals surface area contributed by atoms with Crippen LogP contribution in [0.3, 0.4) is 0 Å². The third kappa shape index (κ3) is 2.95. The van der Waals surface area contributed by atoms with Crippen LogP contribution in [0.4, 0.5) is 18.9 Å². The number of nitrogens with zero attached hydrogens (tertiary/aromatic N) is 5. The van der Waals surface area contributed by atoms with Crippen LogP contribution in [0.2, 0.25) is 0 Å². The number of aromatic nitrogens is 4. The highest BCUT2D eigenvalue weighted by atomic mass is 19.4. The van der Waals surface area contributed by atoms with Gasteiger partial charge in [0.1, 0.15) is 18.9 Å². The summed E-state index contributed by atoms with van der Waals surface area (Å²) in [5, 5.41) is 18.0. The Bertz CT molecular complexity index is 618. The molecular weight excluding hydrogens is 279 g/mol. The number of hydrogen-bond acceptors (Lipinski definition) is 4. The van der Waals surface area contributed by atoms with Crippen LogP contribution < -0.4 is 0 Å². The highest BCUT2D eigenvalue weighted by Crippen LogP contribution is 2.23. The predicted octanol–water partition coefficient (Wildman–Crippen LogP) is 2.16. The van der Waals surface area contributed by atoms with Gasteiger partial charge in [-0.15, -0.1) is 0 Å². The first-order valence-electron chi connectivity index (χ1n) is 5.55. The van der Waals surface area contributed by atoms with Crippen LogP contribution in [-0.4, -0.2) is 30.7 Å². The van der Waals surface area contributed by atoms with Gasteiger partial charge in [-0.2, -0.15) is 23.4 Å². The molecule has 1 atom stereocenters. The van der Waals surface area contributed by atoms with Crippen molar-refractivity contribution in [2.45, 2.75) is 25.7 Å². The van der Waals surface area contributed by atoms with Crippen LogP contribution in [0, 0.1) is 10.1 Å². The van der Waals surface area contributed by atoms with Gasteiger partial charge in [-0.1, -0.05) is 0 Å². The Balaban J connectivity index is 2.26. The van der Waals surface area contributed by atoms with Gasteiger partial charge in [-0.25, -0.2) is 0 Å². The van der Waals surface area contributed by atoms with Crippen LogP contribution in [0.25, 0.3) is 0 Å². The topological polar surface area (TPSA) is 78.8 Å². The lowest BCUT2D eigenvalue weighted by molar-refractivity contribution is -0.385. The lowest BCUT2D eigenvalue weighted by atomic mass is 10.2. The van der Waals surface area contributed by atoms with Crippen LogP contribution in [-0.2, 0) is 6.54 Å². The molecule has 0 spiro atoms. The predicted molar refractivity (Wildman–Crippen MR) is 61.0 cm³/mol. The van der Waals surface area contributed by atoms with Crippen LogP contribution in [0.15, 0.2) is 24.7 Å². The lowest BCUT2D eigenvalue weighted by Crippen LogP contribution is -2.22. The molecule has 2 aromatic heterocycles. The SMILES string of the molecule is CC(c1ccnn1CC(F)(F)F)n1cc([N+](=O)[O-])cn1. The number of alkyl halides is 3. The maximum Gasteiger partial charge on any atom is 0.408 e. The third-order valence-corrected chi connectivity index (χ3v) is 2.70. The van der Waals surface area contributed by atoms with Gasteiger partial charge in [0.15, 0.2) is 0 Å². The number of hydrogen-bond donors (Lipinski definition) is 0. The number of nitro groups is 1. The molecule has 0 amide bonds. The zero-order chi connectivity index (χ0) is 14.9. The molecule has 2 rings (SSSR count). The van der Waals surface area contributed by atoms with E-state index in [-0.39, 0.29) is 11.4 Å². The molecule has 0 aliphatic heterocycles. The van der Waals surface area contributed by atoms with Crippen LogP contribution in [0.1, 0.15) is 18.7 Å². The van der Waals surface area contributed by atoms with Crippen molar-refractivity contribution in [1.82, 2.24) is 19.6 Å². The van der Waals surface area contributed by atoms with Crippen LogP contribution >= 0.6 is 0 Å². The van der Waals surface area contributed by atoms with E-state index in [0.717, 1.165) is 17.1 Å². The quantitative estimate of drug-likeness (QED) is 0.638. The molecule has 1 unspecified atom stereocenters. The second-order valence-corrected chi connectivity index (χ2v) is 4.14. The summed E-state index contributed by atoms with van der Waals surface area (Å²) in [5.41, 5.74) is 0.0408. The fourth-order valence-corrected chi connectivity index (χ4v) is 1.77. The van der Waals surface area contributed by atoms with Gasteiger partial charge in [0.05, 0.1) is 16.7 Å². The van der Waals surface area contributed by atoms with Crippen molar-refractivity contribution in [3.63, 3.8) is 0 Å². The van der Waals surface area contributed by atoms with Crippen molar-refractivity contribution >= 4 is 5.69 Å². The lowest BCUT2D eigenvalue weighted by Gasteiger charge is -2.15. The van der Waals surface area contributed by atoms with E-state index in [1.807, 2.05) is 0 Å². The molecule has 0 bridgehead atoms. The van der Waals surface area contributed by atoms with Gasteiger partial charge in [0.2, 0.25) is 0 Å². The molecule has 7 nitrogen and oxygen atoms in total. The van der Waals surface area contributed by atoms with Gasteiger partial charge in [0, 0.05) is 6.20 Å². The van der Waals surface area contributed by atoms with Crippen molar-refractivity contribution in [3.8, 4) is 0 Å². The summed E-state index contributed by atoms with van der Waals surface area (Å²) in [4.78, 5) is 9.94. The molecule has 108 valence electrons. The van der Waals surface area contributed by atoms with Crippen molar-refractivity contribution < 1.29 is 18.1 Å². The van der Waals surface area contributed by atoms with Crippen molar-refractivity contribution in [1.29, 1.82) is 0 Å². The van der Waals surface area contributed by atoms with Crippen LogP contribution in [0.5, 0.6) is 0 Å². The second kappa shape index (κ2) is 4.94. The molecule has 20 heavy (non-hydrogen) atoms. The van der Waals surface area contributed by atoms with E-state index in [2.05, 4.69) is 10.2 Å². The van der Waals surface area contributed by atoms with Gasteiger partial charge in [0.25, 0.3) is 0 Å². The molecule has 0 fully saturated rings.